The van der Waals surface area contributed by atoms with Crippen molar-refractivity contribution < 1.29 is 9.53 Å². The second kappa shape index (κ2) is 7.02. The van der Waals surface area contributed by atoms with Gasteiger partial charge in [-0.05, 0) is 24.3 Å². The van der Waals surface area contributed by atoms with E-state index in [0.717, 1.165) is 5.65 Å². The van der Waals surface area contributed by atoms with E-state index in [1.54, 1.807) is 53.2 Å². The van der Waals surface area contributed by atoms with Gasteiger partial charge in [0, 0.05) is 12.4 Å². The number of fused-ring (bicyclic) bond motifs is 1. The average Bonchev–Trinajstić information content (AvgIpc) is 3.00. The van der Waals surface area contributed by atoms with Gasteiger partial charge in [-0.15, -0.1) is 0 Å². The third kappa shape index (κ3) is 3.65. The Morgan fingerprint density at radius 3 is 2.96 bits per heavy atom. The third-order valence-electron chi connectivity index (χ3n) is 3.30. The van der Waals surface area contributed by atoms with Crippen LogP contribution in [-0.4, -0.2) is 21.9 Å². The molecule has 0 saturated heterocycles. The molecule has 7 heteroatoms. The van der Waals surface area contributed by atoms with E-state index in [9.17, 15) is 4.79 Å². The fraction of sp³-hybridized carbons (Fsp3) is 0.118. The molecule has 0 aliphatic carbocycles. The molecule has 6 nitrogen and oxygen atoms in total. The minimum absolute atomic E-state index is 0.169. The molecule has 2 aromatic heterocycles. The van der Waals surface area contributed by atoms with Crippen molar-refractivity contribution in [3.8, 4) is 11.8 Å². The highest BCUT2D eigenvalue weighted by molar-refractivity contribution is 6.30. The van der Waals surface area contributed by atoms with Crippen molar-refractivity contribution in [1.29, 1.82) is 5.26 Å². The standard InChI is InChI=1S/C17H13ClN4O2/c18-13-5-6-16-21-14(10-22(16)9-13)8-20-17(23)11-24-15-4-2-1-3-12(15)7-19/h1-6,9-10H,8,11H2,(H,20,23). The fourth-order valence-corrected chi connectivity index (χ4v) is 2.34. The molecule has 2 heterocycles. The van der Waals surface area contributed by atoms with Crippen LogP contribution in [0.15, 0.2) is 48.8 Å². The first-order chi connectivity index (χ1) is 11.7. The SMILES string of the molecule is N#Cc1ccccc1OCC(=O)NCc1cn2cc(Cl)ccc2n1. The first-order valence-corrected chi connectivity index (χ1v) is 7.55. The Morgan fingerprint density at radius 2 is 2.12 bits per heavy atom. The molecule has 3 rings (SSSR count). The van der Waals surface area contributed by atoms with Crippen molar-refractivity contribution >= 4 is 23.2 Å². The third-order valence-corrected chi connectivity index (χ3v) is 3.52. The van der Waals surface area contributed by atoms with E-state index in [1.165, 1.54) is 0 Å². The maximum absolute atomic E-state index is 11.9. The monoisotopic (exact) mass is 340 g/mol. The Morgan fingerprint density at radius 1 is 1.29 bits per heavy atom. The van der Waals surface area contributed by atoms with Crippen molar-refractivity contribution in [2.45, 2.75) is 6.54 Å². The normalized spacial score (nSPS) is 10.3. The molecule has 1 N–H and O–H groups in total. The average molecular weight is 341 g/mol. The summed E-state index contributed by atoms with van der Waals surface area (Å²) in [5.41, 5.74) is 1.86. The van der Waals surface area contributed by atoms with Crippen LogP contribution in [0, 0.1) is 11.3 Å². The zero-order chi connectivity index (χ0) is 16.9. The number of carbonyl (C=O) groups excluding carboxylic acids is 1. The number of rotatable bonds is 5. The van der Waals surface area contributed by atoms with E-state index in [4.69, 9.17) is 21.6 Å². The number of pyridine rings is 1. The summed E-state index contributed by atoms with van der Waals surface area (Å²) in [6, 6.07) is 12.3. The first kappa shape index (κ1) is 15.8. The molecular formula is C17H13ClN4O2. The lowest BCUT2D eigenvalue weighted by Gasteiger charge is -2.07. The second-order valence-corrected chi connectivity index (χ2v) is 5.45. The van der Waals surface area contributed by atoms with Crippen LogP contribution in [0.5, 0.6) is 5.75 Å². The lowest BCUT2D eigenvalue weighted by molar-refractivity contribution is -0.123. The van der Waals surface area contributed by atoms with E-state index in [2.05, 4.69) is 10.3 Å². The van der Waals surface area contributed by atoms with E-state index in [-0.39, 0.29) is 19.1 Å². The van der Waals surface area contributed by atoms with E-state index in [0.29, 0.717) is 22.0 Å². The van der Waals surface area contributed by atoms with Gasteiger partial charge < -0.3 is 14.5 Å². The summed E-state index contributed by atoms with van der Waals surface area (Å²) in [6.45, 7) is 0.110. The number of aromatic nitrogens is 2. The second-order valence-electron chi connectivity index (χ2n) is 5.02. The number of hydrogen-bond acceptors (Lipinski definition) is 4. The summed E-state index contributed by atoms with van der Waals surface area (Å²) in [5.74, 6) is 0.0929. The number of nitrogens with one attached hydrogen (secondary N) is 1. The predicted octanol–water partition coefficient (Wildman–Crippen LogP) is 2.55. The summed E-state index contributed by atoms with van der Waals surface area (Å²) < 4.78 is 7.17. The number of nitriles is 1. The van der Waals surface area contributed by atoms with Crippen molar-refractivity contribution in [3.63, 3.8) is 0 Å². The van der Waals surface area contributed by atoms with Crippen molar-refractivity contribution in [2.24, 2.45) is 0 Å². The number of carbonyl (C=O) groups is 1. The molecule has 24 heavy (non-hydrogen) atoms. The van der Waals surface area contributed by atoms with Crippen LogP contribution >= 0.6 is 11.6 Å². The van der Waals surface area contributed by atoms with Crippen molar-refractivity contribution in [2.75, 3.05) is 6.61 Å². The highest BCUT2D eigenvalue weighted by Gasteiger charge is 2.08. The molecule has 0 radical (unpaired) electrons. The quantitative estimate of drug-likeness (QED) is 0.774. The minimum atomic E-state index is -0.294. The number of halogens is 1. The molecular weight excluding hydrogens is 328 g/mol. The minimum Gasteiger partial charge on any atom is -0.482 e. The van der Waals surface area contributed by atoms with Gasteiger partial charge >= 0.3 is 0 Å². The maximum atomic E-state index is 11.9. The Balaban J connectivity index is 1.56. The highest BCUT2D eigenvalue weighted by atomic mass is 35.5. The fourth-order valence-electron chi connectivity index (χ4n) is 2.17. The van der Waals surface area contributed by atoms with Gasteiger partial charge in [0.2, 0.25) is 0 Å². The molecule has 1 aromatic carbocycles. The number of para-hydroxylation sites is 1. The van der Waals surface area contributed by atoms with Gasteiger partial charge in [0.1, 0.15) is 17.5 Å². The molecule has 120 valence electrons. The lowest BCUT2D eigenvalue weighted by Crippen LogP contribution is -2.28. The van der Waals surface area contributed by atoms with Crippen LogP contribution in [-0.2, 0) is 11.3 Å². The Bertz CT molecular complexity index is 930. The molecule has 0 aliphatic heterocycles. The van der Waals surface area contributed by atoms with E-state index < -0.39 is 0 Å². The smallest absolute Gasteiger partial charge is 0.258 e. The molecule has 0 fully saturated rings. The van der Waals surface area contributed by atoms with Crippen LogP contribution in [0.3, 0.4) is 0 Å². The van der Waals surface area contributed by atoms with Gasteiger partial charge in [-0.1, -0.05) is 23.7 Å². The zero-order valence-electron chi connectivity index (χ0n) is 12.6. The van der Waals surface area contributed by atoms with Gasteiger partial charge in [-0.25, -0.2) is 4.98 Å². The first-order valence-electron chi connectivity index (χ1n) is 7.17. The van der Waals surface area contributed by atoms with E-state index >= 15 is 0 Å². The van der Waals surface area contributed by atoms with Gasteiger partial charge in [-0.3, -0.25) is 4.79 Å². The topological polar surface area (TPSA) is 79.4 Å². The Hall–Kier alpha value is -3.04. The number of amides is 1. The molecule has 0 aliphatic rings. The Labute approximate surface area is 143 Å². The largest absolute Gasteiger partial charge is 0.482 e. The summed E-state index contributed by atoms with van der Waals surface area (Å²) in [5, 5.41) is 12.3. The Kier molecular flexibility index (Phi) is 4.64. The number of ether oxygens (including phenoxy) is 1. The van der Waals surface area contributed by atoms with Crippen LogP contribution in [0.4, 0.5) is 0 Å². The highest BCUT2D eigenvalue weighted by Crippen LogP contribution is 2.16. The maximum Gasteiger partial charge on any atom is 0.258 e. The van der Waals surface area contributed by atoms with Gasteiger partial charge in [0.25, 0.3) is 5.91 Å². The summed E-state index contributed by atoms with van der Waals surface area (Å²) in [7, 11) is 0. The van der Waals surface area contributed by atoms with Crippen LogP contribution in [0.1, 0.15) is 11.3 Å². The number of imidazole rings is 1. The zero-order valence-corrected chi connectivity index (χ0v) is 13.3. The molecule has 1 amide bonds. The number of nitrogens with zero attached hydrogens (tertiary/aromatic N) is 3. The molecule has 0 spiro atoms. The molecule has 0 saturated carbocycles. The van der Waals surface area contributed by atoms with Crippen LogP contribution < -0.4 is 10.1 Å². The van der Waals surface area contributed by atoms with Crippen molar-refractivity contribution in [1.82, 2.24) is 14.7 Å². The molecule has 0 bridgehead atoms. The molecule has 0 atom stereocenters. The predicted molar refractivity (Wildman–Crippen MR) is 88.7 cm³/mol. The molecule has 0 unspecified atom stereocenters. The van der Waals surface area contributed by atoms with E-state index in [1.807, 2.05) is 6.07 Å². The summed E-state index contributed by atoms with van der Waals surface area (Å²) in [6.07, 6.45) is 3.55. The van der Waals surface area contributed by atoms with Gasteiger partial charge in [0.05, 0.1) is 22.8 Å². The summed E-state index contributed by atoms with van der Waals surface area (Å²) in [4.78, 5) is 16.3. The van der Waals surface area contributed by atoms with Crippen LogP contribution in [0.25, 0.3) is 5.65 Å². The van der Waals surface area contributed by atoms with Crippen molar-refractivity contribution in [3.05, 3.63) is 65.1 Å². The number of benzene rings is 1. The van der Waals surface area contributed by atoms with Gasteiger partial charge in [-0.2, -0.15) is 5.26 Å². The van der Waals surface area contributed by atoms with Crippen LogP contribution in [0.2, 0.25) is 5.02 Å². The summed E-state index contributed by atoms with van der Waals surface area (Å²) >= 11 is 5.92. The molecule has 3 aromatic rings. The van der Waals surface area contributed by atoms with Gasteiger partial charge in [0.15, 0.2) is 6.61 Å². The lowest BCUT2D eigenvalue weighted by atomic mass is 10.2. The number of hydrogen-bond donors (Lipinski definition) is 1.